The SMILES string of the molecule is CCCCNCC(CN)(c1ccccc1)c1ccccc1. The molecule has 2 aromatic rings. The van der Waals surface area contributed by atoms with E-state index in [0.29, 0.717) is 6.54 Å². The van der Waals surface area contributed by atoms with E-state index in [0.717, 1.165) is 13.1 Å². The summed E-state index contributed by atoms with van der Waals surface area (Å²) in [6, 6.07) is 21.2. The van der Waals surface area contributed by atoms with Crippen molar-refractivity contribution in [2.45, 2.75) is 25.2 Å². The molecule has 0 aliphatic rings. The molecule has 0 radical (unpaired) electrons. The second kappa shape index (κ2) is 7.96. The zero-order valence-corrected chi connectivity index (χ0v) is 12.9. The number of rotatable bonds is 8. The zero-order valence-electron chi connectivity index (χ0n) is 12.9. The van der Waals surface area contributed by atoms with Crippen molar-refractivity contribution in [3.63, 3.8) is 0 Å². The number of hydrogen-bond acceptors (Lipinski definition) is 2. The van der Waals surface area contributed by atoms with Gasteiger partial charge in [0.15, 0.2) is 0 Å². The number of nitrogens with two attached hydrogens (primary N) is 1. The molecule has 2 nitrogen and oxygen atoms in total. The van der Waals surface area contributed by atoms with Crippen molar-refractivity contribution in [2.24, 2.45) is 5.73 Å². The first-order chi connectivity index (χ1) is 10.3. The maximum absolute atomic E-state index is 6.25. The minimum Gasteiger partial charge on any atom is -0.329 e. The van der Waals surface area contributed by atoms with Gasteiger partial charge in [-0.15, -0.1) is 0 Å². The minimum atomic E-state index is -0.156. The Hall–Kier alpha value is -1.64. The minimum absolute atomic E-state index is 0.156. The molecule has 0 spiro atoms. The van der Waals surface area contributed by atoms with Crippen LogP contribution in [0.2, 0.25) is 0 Å². The van der Waals surface area contributed by atoms with E-state index in [4.69, 9.17) is 5.73 Å². The quantitative estimate of drug-likeness (QED) is 0.729. The summed E-state index contributed by atoms with van der Waals surface area (Å²) in [5.74, 6) is 0. The molecule has 0 atom stereocenters. The number of benzene rings is 2. The van der Waals surface area contributed by atoms with Gasteiger partial charge < -0.3 is 11.1 Å². The zero-order chi connectivity index (χ0) is 15.0. The number of hydrogen-bond donors (Lipinski definition) is 2. The number of unbranched alkanes of at least 4 members (excludes halogenated alkanes) is 1. The Labute approximate surface area is 128 Å². The molecule has 0 saturated carbocycles. The molecule has 0 aliphatic heterocycles. The summed E-state index contributed by atoms with van der Waals surface area (Å²) in [4.78, 5) is 0. The molecule has 2 heteroatoms. The molecule has 21 heavy (non-hydrogen) atoms. The molecule has 0 saturated heterocycles. The molecular weight excluding hydrogens is 256 g/mol. The van der Waals surface area contributed by atoms with Crippen LogP contribution in [-0.2, 0) is 5.41 Å². The Balaban J connectivity index is 2.32. The Kier molecular flexibility index (Phi) is 5.97. The lowest BCUT2D eigenvalue weighted by molar-refractivity contribution is 0.468. The van der Waals surface area contributed by atoms with Crippen LogP contribution in [0, 0.1) is 0 Å². The van der Waals surface area contributed by atoms with E-state index in [1.807, 2.05) is 0 Å². The van der Waals surface area contributed by atoms with E-state index < -0.39 is 0 Å². The van der Waals surface area contributed by atoms with Gasteiger partial charge in [-0.25, -0.2) is 0 Å². The largest absolute Gasteiger partial charge is 0.329 e. The standard InChI is InChI=1S/C19H26N2/c1-2-3-14-21-16-19(15-20,17-10-6-4-7-11-17)18-12-8-5-9-13-18/h4-13,21H,2-3,14-16,20H2,1H3. The lowest BCUT2D eigenvalue weighted by Crippen LogP contribution is -2.45. The molecule has 0 heterocycles. The van der Waals surface area contributed by atoms with Gasteiger partial charge in [-0.2, -0.15) is 0 Å². The molecule has 0 fully saturated rings. The third kappa shape index (κ3) is 3.72. The average molecular weight is 282 g/mol. The molecule has 0 bridgehead atoms. The fourth-order valence-electron chi connectivity index (χ4n) is 2.80. The highest BCUT2D eigenvalue weighted by Crippen LogP contribution is 2.30. The van der Waals surface area contributed by atoms with E-state index >= 15 is 0 Å². The molecule has 112 valence electrons. The first-order valence-electron chi connectivity index (χ1n) is 7.85. The van der Waals surface area contributed by atoms with Crippen molar-refractivity contribution >= 4 is 0 Å². The van der Waals surface area contributed by atoms with E-state index in [-0.39, 0.29) is 5.41 Å². The van der Waals surface area contributed by atoms with Crippen LogP contribution in [0.5, 0.6) is 0 Å². The van der Waals surface area contributed by atoms with Gasteiger partial charge in [0.2, 0.25) is 0 Å². The molecule has 2 aromatic carbocycles. The molecular formula is C19H26N2. The van der Waals surface area contributed by atoms with Gasteiger partial charge in [-0.1, -0.05) is 74.0 Å². The van der Waals surface area contributed by atoms with Crippen LogP contribution >= 0.6 is 0 Å². The molecule has 0 aliphatic carbocycles. The Morgan fingerprint density at radius 1 is 0.905 bits per heavy atom. The fourth-order valence-corrected chi connectivity index (χ4v) is 2.80. The summed E-state index contributed by atoms with van der Waals surface area (Å²) in [5, 5.41) is 3.60. The monoisotopic (exact) mass is 282 g/mol. The Bertz CT molecular complexity index is 468. The highest BCUT2D eigenvalue weighted by molar-refractivity contribution is 5.40. The highest BCUT2D eigenvalue weighted by Gasteiger charge is 2.32. The average Bonchev–Trinajstić information content (AvgIpc) is 2.57. The molecule has 0 aromatic heterocycles. The van der Waals surface area contributed by atoms with Crippen LogP contribution in [0.25, 0.3) is 0 Å². The third-order valence-corrected chi connectivity index (χ3v) is 4.14. The fraction of sp³-hybridized carbons (Fsp3) is 0.368. The summed E-state index contributed by atoms with van der Waals surface area (Å²) in [7, 11) is 0. The Morgan fingerprint density at radius 3 is 1.86 bits per heavy atom. The second-order valence-corrected chi connectivity index (χ2v) is 5.55. The van der Waals surface area contributed by atoms with Gasteiger partial charge in [0, 0.05) is 18.5 Å². The van der Waals surface area contributed by atoms with E-state index in [1.165, 1.54) is 24.0 Å². The molecule has 2 rings (SSSR count). The first-order valence-corrected chi connectivity index (χ1v) is 7.85. The van der Waals surface area contributed by atoms with Crippen LogP contribution in [0.15, 0.2) is 60.7 Å². The lowest BCUT2D eigenvalue weighted by Gasteiger charge is -2.34. The summed E-state index contributed by atoms with van der Waals surface area (Å²) < 4.78 is 0. The summed E-state index contributed by atoms with van der Waals surface area (Å²) in [6.07, 6.45) is 2.41. The topological polar surface area (TPSA) is 38.0 Å². The van der Waals surface area contributed by atoms with Crippen LogP contribution < -0.4 is 11.1 Å². The van der Waals surface area contributed by atoms with Gasteiger partial charge >= 0.3 is 0 Å². The molecule has 0 amide bonds. The summed E-state index contributed by atoms with van der Waals surface area (Å²) in [5.41, 5.74) is 8.65. The lowest BCUT2D eigenvalue weighted by atomic mass is 9.74. The Morgan fingerprint density at radius 2 is 1.43 bits per heavy atom. The molecule has 0 unspecified atom stereocenters. The normalized spacial score (nSPS) is 11.5. The van der Waals surface area contributed by atoms with Crippen molar-refractivity contribution in [3.05, 3.63) is 71.8 Å². The number of nitrogens with one attached hydrogen (secondary N) is 1. The molecule has 3 N–H and O–H groups in total. The van der Waals surface area contributed by atoms with Gasteiger partial charge in [-0.05, 0) is 24.1 Å². The van der Waals surface area contributed by atoms with Crippen molar-refractivity contribution < 1.29 is 0 Å². The van der Waals surface area contributed by atoms with Gasteiger partial charge in [0.05, 0.1) is 0 Å². The van der Waals surface area contributed by atoms with Crippen molar-refractivity contribution in [1.29, 1.82) is 0 Å². The van der Waals surface area contributed by atoms with Gasteiger partial charge in [0.1, 0.15) is 0 Å². The highest BCUT2D eigenvalue weighted by atomic mass is 14.9. The summed E-state index contributed by atoms with van der Waals surface area (Å²) >= 11 is 0. The van der Waals surface area contributed by atoms with Crippen LogP contribution in [0.1, 0.15) is 30.9 Å². The predicted octanol–water partition coefficient (Wildman–Crippen LogP) is 3.32. The van der Waals surface area contributed by atoms with E-state index in [9.17, 15) is 0 Å². The van der Waals surface area contributed by atoms with Crippen LogP contribution in [0.3, 0.4) is 0 Å². The maximum atomic E-state index is 6.25. The van der Waals surface area contributed by atoms with Crippen LogP contribution in [0.4, 0.5) is 0 Å². The van der Waals surface area contributed by atoms with Crippen molar-refractivity contribution in [3.8, 4) is 0 Å². The van der Waals surface area contributed by atoms with Gasteiger partial charge in [0.25, 0.3) is 0 Å². The van der Waals surface area contributed by atoms with E-state index in [1.54, 1.807) is 0 Å². The second-order valence-electron chi connectivity index (χ2n) is 5.55. The predicted molar refractivity (Wildman–Crippen MR) is 90.5 cm³/mol. The first kappa shape index (κ1) is 15.7. The maximum Gasteiger partial charge on any atom is 0.0449 e. The van der Waals surface area contributed by atoms with E-state index in [2.05, 4.69) is 72.9 Å². The van der Waals surface area contributed by atoms with Crippen LogP contribution in [-0.4, -0.2) is 19.6 Å². The third-order valence-electron chi connectivity index (χ3n) is 4.14. The summed E-state index contributed by atoms with van der Waals surface area (Å²) in [6.45, 7) is 4.72. The van der Waals surface area contributed by atoms with Crippen molar-refractivity contribution in [1.82, 2.24) is 5.32 Å². The smallest absolute Gasteiger partial charge is 0.0449 e. The van der Waals surface area contributed by atoms with Gasteiger partial charge in [-0.3, -0.25) is 0 Å². The van der Waals surface area contributed by atoms with Crippen molar-refractivity contribution in [2.75, 3.05) is 19.6 Å².